The summed E-state index contributed by atoms with van der Waals surface area (Å²) in [5.41, 5.74) is 9.47. The van der Waals surface area contributed by atoms with E-state index < -0.39 is 0 Å². The Kier molecular flexibility index (Phi) is 4.87. The molecule has 2 aromatic carbocycles. The summed E-state index contributed by atoms with van der Waals surface area (Å²) in [6, 6.07) is 15.0. The van der Waals surface area contributed by atoms with Gasteiger partial charge >= 0.3 is 0 Å². The highest BCUT2D eigenvalue weighted by Gasteiger charge is 2.01. The van der Waals surface area contributed by atoms with Crippen molar-refractivity contribution in [2.45, 2.75) is 24.1 Å². The summed E-state index contributed by atoms with van der Waals surface area (Å²) < 4.78 is 1.10. The van der Waals surface area contributed by atoms with Gasteiger partial charge < -0.3 is 5.73 Å². The van der Waals surface area contributed by atoms with Crippen LogP contribution >= 0.6 is 27.7 Å². The van der Waals surface area contributed by atoms with E-state index in [0.29, 0.717) is 6.54 Å². The number of rotatable bonds is 4. The van der Waals surface area contributed by atoms with Crippen LogP contribution in [0.2, 0.25) is 0 Å². The highest BCUT2D eigenvalue weighted by atomic mass is 79.9. The normalized spacial score (nSPS) is 10.6. The van der Waals surface area contributed by atoms with Crippen molar-refractivity contribution in [1.82, 2.24) is 0 Å². The SMILES string of the molecule is Cc1cccc(CSc2ccc(CN)c(Br)c2)c1. The molecule has 0 fully saturated rings. The lowest BCUT2D eigenvalue weighted by Crippen LogP contribution is -1.96. The highest BCUT2D eigenvalue weighted by Crippen LogP contribution is 2.27. The molecule has 0 amide bonds. The molecule has 18 heavy (non-hydrogen) atoms. The van der Waals surface area contributed by atoms with Gasteiger partial charge in [0.15, 0.2) is 0 Å². The van der Waals surface area contributed by atoms with Gasteiger partial charge in [-0.2, -0.15) is 0 Å². The van der Waals surface area contributed by atoms with Crippen LogP contribution in [0.4, 0.5) is 0 Å². The van der Waals surface area contributed by atoms with Crippen molar-refractivity contribution in [2.75, 3.05) is 0 Å². The molecule has 0 aliphatic rings. The minimum absolute atomic E-state index is 0.573. The van der Waals surface area contributed by atoms with Crippen molar-refractivity contribution in [3.63, 3.8) is 0 Å². The van der Waals surface area contributed by atoms with Gasteiger partial charge in [0.25, 0.3) is 0 Å². The van der Waals surface area contributed by atoms with Gasteiger partial charge in [-0.15, -0.1) is 11.8 Å². The van der Waals surface area contributed by atoms with E-state index in [1.165, 1.54) is 16.0 Å². The highest BCUT2D eigenvalue weighted by molar-refractivity contribution is 9.10. The van der Waals surface area contributed by atoms with Crippen LogP contribution in [0.15, 0.2) is 51.8 Å². The average Bonchev–Trinajstić information content (AvgIpc) is 2.37. The van der Waals surface area contributed by atoms with E-state index in [1.807, 2.05) is 11.8 Å². The van der Waals surface area contributed by atoms with Gasteiger partial charge in [0, 0.05) is 21.7 Å². The van der Waals surface area contributed by atoms with Crippen molar-refractivity contribution in [3.05, 3.63) is 63.6 Å². The van der Waals surface area contributed by atoms with Crippen molar-refractivity contribution in [3.8, 4) is 0 Å². The zero-order chi connectivity index (χ0) is 13.0. The molecular weight excluding hydrogens is 306 g/mol. The van der Waals surface area contributed by atoms with Crippen LogP contribution in [0.1, 0.15) is 16.7 Å². The van der Waals surface area contributed by atoms with Crippen LogP contribution in [0.5, 0.6) is 0 Å². The van der Waals surface area contributed by atoms with Gasteiger partial charge in [-0.25, -0.2) is 0 Å². The van der Waals surface area contributed by atoms with Gasteiger partial charge in [0.1, 0.15) is 0 Å². The smallest absolute Gasteiger partial charge is 0.0232 e. The minimum Gasteiger partial charge on any atom is -0.326 e. The molecule has 0 unspecified atom stereocenters. The fourth-order valence-electron chi connectivity index (χ4n) is 1.75. The fraction of sp³-hybridized carbons (Fsp3) is 0.200. The Morgan fingerprint density at radius 2 is 2.00 bits per heavy atom. The van der Waals surface area contributed by atoms with Crippen LogP contribution in [-0.4, -0.2) is 0 Å². The molecule has 0 aliphatic heterocycles. The Balaban J connectivity index is 2.04. The lowest BCUT2D eigenvalue weighted by Gasteiger charge is -2.06. The second kappa shape index (κ2) is 6.41. The Bertz CT molecular complexity index is 540. The summed E-state index contributed by atoms with van der Waals surface area (Å²) >= 11 is 5.40. The van der Waals surface area contributed by atoms with Crippen LogP contribution in [0.3, 0.4) is 0 Å². The van der Waals surface area contributed by atoms with Gasteiger partial charge in [0.05, 0.1) is 0 Å². The van der Waals surface area contributed by atoms with E-state index in [4.69, 9.17) is 5.73 Å². The van der Waals surface area contributed by atoms with Crippen molar-refractivity contribution >= 4 is 27.7 Å². The number of halogens is 1. The first-order valence-electron chi connectivity index (χ1n) is 5.86. The summed E-state index contributed by atoms with van der Waals surface area (Å²) in [5.74, 6) is 0.996. The number of aryl methyl sites for hydroxylation is 1. The van der Waals surface area contributed by atoms with Crippen molar-refractivity contribution in [2.24, 2.45) is 5.73 Å². The Hall–Kier alpha value is -0.770. The summed E-state index contributed by atoms with van der Waals surface area (Å²) in [6.07, 6.45) is 0. The molecule has 0 bridgehead atoms. The Morgan fingerprint density at radius 3 is 2.67 bits per heavy atom. The van der Waals surface area contributed by atoms with E-state index in [0.717, 1.165) is 15.8 Å². The maximum Gasteiger partial charge on any atom is 0.0232 e. The second-order valence-corrected chi connectivity index (χ2v) is 6.14. The monoisotopic (exact) mass is 321 g/mol. The number of nitrogens with two attached hydrogens (primary N) is 1. The largest absolute Gasteiger partial charge is 0.326 e. The summed E-state index contributed by atoms with van der Waals surface area (Å²) in [7, 11) is 0. The van der Waals surface area contributed by atoms with Crippen molar-refractivity contribution < 1.29 is 0 Å². The number of benzene rings is 2. The van der Waals surface area contributed by atoms with Crippen LogP contribution in [0, 0.1) is 6.92 Å². The molecule has 0 spiro atoms. The van der Waals surface area contributed by atoms with Gasteiger partial charge in [-0.3, -0.25) is 0 Å². The molecule has 0 aromatic heterocycles. The first-order valence-corrected chi connectivity index (χ1v) is 7.64. The van der Waals surface area contributed by atoms with E-state index in [9.17, 15) is 0 Å². The molecule has 0 saturated heterocycles. The van der Waals surface area contributed by atoms with E-state index in [-0.39, 0.29) is 0 Å². The molecule has 0 saturated carbocycles. The van der Waals surface area contributed by atoms with Gasteiger partial charge in [0.2, 0.25) is 0 Å². The van der Waals surface area contributed by atoms with E-state index in [2.05, 4.69) is 65.3 Å². The quantitative estimate of drug-likeness (QED) is 0.838. The lowest BCUT2D eigenvalue weighted by atomic mass is 10.2. The summed E-state index contributed by atoms with van der Waals surface area (Å²) in [6.45, 7) is 2.70. The molecular formula is C15H16BrNS. The maximum absolute atomic E-state index is 5.65. The van der Waals surface area contributed by atoms with E-state index >= 15 is 0 Å². The van der Waals surface area contributed by atoms with Crippen molar-refractivity contribution in [1.29, 1.82) is 0 Å². The molecule has 0 heterocycles. The third-order valence-electron chi connectivity index (χ3n) is 2.73. The zero-order valence-corrected chi connectivity index (χ0v) is 12.7. The third kappa shape index (κ3) is 3.61. The maximum atomic E-state index is 5.65. The van der Waals surface area contributed by atoms with Crippen LogP contribution < -0.4 is 5.73 Å². The van der Waals surface area contributed by atoms with Gasteiger partial charge in [-0.05, 0) is 30.2 Å². The molecule has 0 aliphatic carbocycles. The first-order chi connectivity index (χ1) is 8.69. The van der Waals surface area contributed by atoms with Gasteiger partial charge in [-0.1, -0.05) is 51.8 Å². The third-order valence-corrected chi connectivity index (χ3v) is 4.54. The predicted molar refractivity (Wildman–Crippen MR) is 82.8 cm³/mol. The number of hydrogen-bond acceptors (Lipinski definition) is 2. The summed E-state index contributed by atoms with van der Waals surface area (Å²) in [4.78, 5) is 1.26. The second-order valence-electron chi connectivity index (χ2n) is 4.24. The fourth-order valence-corrected chi connectivity index (χ4v) is 3.32. The first kappa shape index (κ1) is 13.7. The lowest BCUT2D eigenvalue weighted by molar-refractivity contribution is 1.05. The molecule has 1 nitrogen and oxygen atoms in total. The summed E-state index contributed by atoms with van der Waals surface area (Å²) in [5, 5.41) is 0. The molecule has 2 aromatic rings. The Morgan fingerprint density at radius 1 is 1.17 bits per heavy atom. The minimum atomic E-state index is 0.573. The molecule has 0 radical (unpaired) electrons. The molecule has 2 rings (SSSR count). The number of hydrogen-bond donors (Lipinski definition) is 1. The molecule has 0 atom stereocenters. The average molecular weight is 322 g/mol. The number of thioether (sulfide) groups is 1. The topological polar surface area (TPSA) is 26.0 Å². The zero-order valence-electron chi connectivity index (χ0n) is 10.3. The van der Waals surface area contributed by atoms with Crippen LogP contribution in [-0.2, 0) is 12.3 Å². The predicted octanol–water partition coefficient (Wildman–Crippen LogP) is 4.51. The van der Waals surface area contributed by atoms with E-state index in [1.54, 1.807) is 0 Å². The molecule has 94 valence electrons. The molecule has 2 N–H and O–H groups in total. The standard InChI is InChI=1S/C15H16BrNS/c1-11-3-2-4-12(7-11)10-18-14-6-5-13(9-17)15(16)8-14/h2-8H,9-10,17H2,1H3. The van der Waals surface area contributed by atoms with Crippen LogP contribution in [0.25, 0.3) is 0 Å². The Labute approximate surface area is 121 Å². The molecule has 3 heteroatoms.